The number of rotatable bonds is 1. The second kappa shape index (κ2) is 6.03. The van der Waals surface area contributed by atoms with E-state index in [4.69, 9.17) is 17.0 Å². The van der Waals surface area contributed by atoms with Crippen LogP contribution in [0, 0.1) is 11.8 Å². The highest BCUT2D eigenvalue weighted by molar-refractivity contribution is 7.80. The van der Waals surface area contributed by atoms with Crippen molar-refractivity contribution in [2.75, 3.05) is 19.7 Å². The zero-order valence-electron chi connectivity index (χ0n) is 10.2. The lowest BCUT2D eigenvalue weighted by Crippen LogP contribution is -2.48. The summed E-state index contributed by atoms with van der Waals surface area (Å²) in [6.45, 7) is 8.37. The molecule has 16 heavy (non-hydrogen) atoms. The van der Waals surface area contributed by atoms with E-state index in [1.54, 1.807) is 6.92 Å². The molecule has 0 aliphatic carbocycles. The zero-order chi connectivity index (χ0) is 12.1. The number of alkyl carbamates (subject to hydrolysis) is 1. The number of nitrogens with one attached hydrogen (secondary N) is 1. The lowest BCUT2D eigenvalue weighted by atomic mass is 9.92. The van der Waals surface area contributed by atoms with Gasteiger partial charge in [0.2, 0.25) is 0 Å². The fraction of sp³-hybridized carbons (Fsp3) is 0.818. The third-order valence-corrected chi connectivity index (χ3v) is 3.00. The number of hydrogen-bond donors (Lipinski definition) is 1. The normalized spacial score (nSPS) is 25.1. The molecule has 92 valence electrons. The van der Waals surface area contributed by atoms with Gasteiger partial charge in [-0.05, 0) is 37.4 Å². The third-order valence-electron chi connectivity index (χ3n) is 2.64. The molecule has 0 bridgehead atoms. The summed E-state index contributed by atoms with van der Waals surface area (Å²) in [5, 5.41) is 3.07. The topological polar surface area (TPSA) is 41.6 Å². The van der Waals surface area contributed by atoms with Crippen molar-refractivity contribution in [1.29, 1.82) is 0 Å². The van der Waals surface area contributed by atoms with Crippen LogP contribution in [-0.4, -0.2) is 35.8 Å². The average molecular weight is 244 g/mol. The van der Waals surface area contributed by atoms with Gasteiger partial charge in [0.25, 0.3) is 0 Å². The van der Waals surface area contributed by atoms with Gasteiger partial charge in [0, 0.05) is 13.1 Å². The molecule has 1 N–H and O–H groups in total. The Morgan fingerprint density at radius 1 is 1.44 bits per heavy atom. The molecule has 0 saturated carbocycles. The quantitative estimate of drug-likeness (QED) is 0.716. The fourth-order valence-corrected chi connectivity index (χ4v) is 2.39. The Balaban J connectivity index is 2.44. The van der Waals surface area contributed by atoms with E-state index in [0.717, 1.165) is 13.1 Å². The third kappa shape index (κ3) is 3.96. The Kier molecular flexibility index (Phi) is 4.99. The Morgan fingerprint density at radius 3 is 2.50 bits per heavy atom. The van der Waals surface area contributed by atoms with Crippen molar-refractivity contribution in [3.8, 4) is 0 Å². The van der Waals surface area contributed by atoms with Crippen LogP contribution in [0.25, 0.3) is 0 Å². The number of hydrogen-bond acceptors (Lipinski definition) is 3. The summed E-state index contributed by atoms with van der Waals surface area (Å²) in [4.78, 5) is 13.3. The van der Waals surface area contributed by atoms with Gasteiger partial charge in [-0.25, -0.2) is 4.79 Å². The van der Waals surface area contributed by atoms with E-state index in [1.807, 2.05) is 4.90 Å². The molecule has 0 spiro atoms. The number of likely N-dealkylation sites (tertiary alicyclic amines) is 1. The molecule has 0 aromatic carbocycles. The second-order valence-corrected chi connectivity index (χ2v) is 4.89. The molecule has 1 saturated heterocycles. The molecule has 1 heterocycles. The highest BCUT2D eigenvalue weighted by Crippen LogP contribution is 2.20. The van der Waals surface area contributed by atoms with Gasteiger partial charge >= 0.3 is 6.09 Å². The largest absolute Gasteiger partial charge is 0.450 e. The van der Waals surface area contributed by atoms with Crippen molar-refractivity contribution in [1.82, 2.24) is 10.2 Å². The summed E-state index contributed by atoms with van der Waals surface area (Å²) < 4.78 is 4.79. The number of ether oxygens (including phenoxy) is 1. The van der Waals surface area contributed by atoms with Crippen LogP contribution in [0.5, 0.6) is 0 Å². The Hall–Kier alpha value is -0.840. The van der Waals surface area contributed by atoms with Crippen LogP contribution in [0.15, 0.2) is 0 Å². The minimum absolute atomic E-state index is 0.362. The van der Waals surface area contributed by atoms with E-state index in [1.165, 1.54) is 6.42 Å². The van der Waals surface area contributed by atoms with Gasteiger partial charge in [-0.15, -0.1) is 0 Å². The molecular formula is C11H20N2O2S. The minimum atomic E-state index is -0.460. The molecule has 1 aliphatic heterocycles. The monoisotopic (exact) mass is 244 g/mol. The number of amides is 1. The molecule has 0 radical (unpaired) electrons. The van der Waals surface area contributed by atoms with Gasteiger partial charge in [0.05, 0.1) is 6.61 Å². The first kappa shape index (κ1) is 13.2. The molecule has 0 aromatic heterocycles. The molecule has 1 rings (SSSR count). The number of carbonyl (C=O) groups excluding carboxylic acids is 1. The predicted octanol–water partition coefficient (Wildman–Crippen LogP) is 2.00. The Bertz CT molecular complexity index is 261. The van der Waals surface area contributed by atoms with E-state index in [9.17, 15) is 4.79 Å². The maximum Gasteiger partial charge on any atom is 0.413 e. The summed E-state index contributed by atoms with van der Waals surface area (Å²) >= 11 is 5.18. The molecule has 1 fully saturated rings. The molecule has 2 unspecified atom stereocenters. The molecule has 4 nitrogen and oxygen atoms in total. The van der Waals surface area contributed by atoms with Gasteiger partial charge in [-0.3, -0.25) is 5.32 Å². The Labute approximate surface area is 102 Å². The summed E-state index contributed by atoms with van der Waals surface area (Å²) in [5.41, 5.74) is 0. The lowest BCUT2D eigenvalue weighted by molar-refractivity contribution is 0.154. The van der Waals surface area contributed by atoms with Gasteiger partial charge in [0.15, 0.2) is 5.11 Å². The van der Waals surface area contributed by atoms with Gasteiger partial charge in [-0.2, -0.15) is 0 Å². The summed E-state index contributed by atoms with van der Waals surface area (Å²) in [5.74, 6) is 1.23. The van der Waals surface area contributed by atoms with Crippen LogP contribution in [0.1, 0.15) is 27.2 Å². The van der Waals surface area contributed by atoms with Crippen LogP contribution in [0.4, 0.5) is 4.79 Å². The van der Waals surface area contributed by atoms with Gasteiger partial charge < -0.3 is 9.64 Å². The highest BCUT2D eigenvalue weighted by Gasteiger charge is 2.24. The Morgan fingerprint density at radius 2 is 2.00 bits per heavy atom. The van der Waals surface area contributed by atoms with E-state index in [2.05, 4.69) is 19.2 Å². The molecule has 5 heteroatoms. The van der Waals surface area contributed by atoms with E-state index < -0.39 is 6.09 Å². The van der Waals surface area contributed by atoms with Crippen molar-refractivity contribution in [3.05, 3.63) is 0 Å². The van der Waals surface area contributed by atoms with Crippen LogP contribution in [-0.2, 0) is 4.74 Å². The second-order valence-electron chi connectivity index (χ2n) is 4.50. The van der Waals surface area contributed by atoms with Crippen LogP contribution >= 0.6 is 12.2 Å². The van der Waals surface area contributed by atoms with Crippen molar-refractivity contribution in [2.24, 2.45) is 11.8 Å². The van der Waals surface area contributed by atoms with Crippen LogP contribution in [0.3, 0.4) is 0 Å². The smallest absolute Gasteiger partial charge is 0.413 e. The molecular weight excluding hydrogens is 224 g/mol. The van der Waals surface area contributed by atoms with E-state index in [-0.39, 0.29) is 0 Å². The van der Waals surface area contributed by atoms with Crippen molar-refractivity contribution < 1.29 is 9.53 Å². The predicted molar refractivity (Wildman–Crippen MR) is 67.3 cm³/mol. The maximum atomic E-state index is 11.2. The lowest BCUT2D eigenvalue weighted by Gasteiger charge is -2.36. The van der Waals surface area contributed by atoms with Crippen molar-refractivity contribution in [3.63, 3.8) is 0 Å². The maximum absolute atomic E-state index is 11.2. The summed E-state index contributed by atoms with van der Waals surface area (Å²) in [7, 11) is 0. The fourth-order valence-electron chi connectivity index (χ4n) is 2.16. The standard InChI is InChI=1S/C11H20N2O2S/c1-4-15-11(14)12-10(16)13-6-8(2)5-9(3)7-13/h8-9H,4-7H2,1-3H3,(H,12,14,16). The first-order valence-corrected chi connectivity index (χ1v) is 6.16. The first-order chi connectivity index (χ1) is 7.52. The first-order valence-electron chi connectivity index (χ1n) is 5.75. The number of thiocarbonyl (C=S) groups is 1. The number of carbonyl (C=O) groups is 1. The average Bonchev–Trinajstić information content (AvgIpc) is 2.16. The van der Waals surface area contributed by atoms with Crippen LogP contribution in [0.2, 0.25) is 0 Å². The van der Waals surface area contributed by atoms with Crippen LogP contribution < -0.4 is 5.32 Å². The molecule has 1 aliphatic rings. The van der Waals surface area contributed by atoms with E-state index >= 15 is 0 Å². The zero-order valence-corrected chi connectivity index (χ0v) is 11.0. The summed E-state index contributed by atoms with van der Waals surface area (Å²) in [6.07, 6.45) is 0.761. The molecule has 2 atom stereocenters. The minimum Gasteiger partial charge on any atom is -0.450 e. The number of piperidine rings is 1. The van der Waals surface area contributed by atoms with Crippen molar-refractivity contribution >= 4 is 23.4 Å². The molecule has 0 aromatic rings. The SMILES string of the molecule is CCOC(=O)NC(=S)N1CC(C)CC(C)C1. The van der Waals surface area contributed by atoms with Gasteiger partial charge in [-0.1, -0.05) is 13.8 Å². The number of nitrogens with zero attached hydrogens (tertiary/aromatic N) is 1. The highest BCUT2D eigenvalue weighted by atomic mass is 32.1. The molecule has 1 amide bonds. The van der Waals surface area contributed by atoms with Gasteiger partial charge in [0.1, 0.15) is 0 Å². The summed E-state index contributed by atoms with van der Waals surface area (Å²) in [6, 6.07) is 0. The van der Waals surface area contributed by atoms with E-state index in [0.29, 0.717) is 23.6 Å². The van der Waals surface area contributed by atoms with Crippen molar-refractivity contribution in [2.45, 2.75) is 27.2 Å².